The number of benzene rings is 9. The highest BCUT2D eigenvalue weighted by atomic mass is 15.0. The predicted octanol–water partition coefficient (Wildman–Crippen LogP) is 14.9. The second-order valence-corrected chi connectivity index (χ2v) is 14.7. The third-order valence-electron chi connectivity index (χ3n) is 11.0. The lowest BCUT2D eigenvalue weighted by molar-refractivity contribution is 1.07. The van der Waals surface area contributed by atoms with E-state index in [0.29, 0.717) is 17.5 Å². The molecule has 60 heavy (non-hydrogen) atoms. The summed E-state index contributed by atoms with van der Waals surface area (Å²) in [6, 6.07) is 83.1. The maximum atomic E-state index is 5.33. The molecule has 0 N–H and O–H groups in total. The smallest absolute Gasteiger partial charge is 0.164 e. The van der Waals surface area contributed by atoms with Gasteiger partial charge in [-0.2, -0.15) is 0 Å². The summed E-state index contributed by atoms with van der Waals surface area (Å²) in [6.07, 6.45) is 0. The molecule has 9 aromatic carbocycles. The lowest BCUT2D eigenvalue weighted by atomic mass is 9.78. The van der Waals surface area contributed by atoms with Gasteiger partial charge in [0.15, 0.2) is 17.5 Å². The summed E-state index contributed by atoms with van der Waals surface area (Å²) >= 11 is 0. The second kappa shape index (κ2) is 16.5. The Bertz CT molecular complexity index is 3040. The van der Waals surface area contributed by atoms with Gasteiger partial charge in [-0.15, -0.1) is 0 Å². The van der Waals surface area contributed by atoms with E-state index in [-0.39, 0.29) is 0 Å². The Morgan fingerprint density at radius 1 is 0.183 bits per heavy atom. The minimum absolute atomic E-state index is 0.605. The zero-order chi connectivity index (χ0) is 40.1. The third-order valence-corrected chi connectivity index (χ3v) is 11.0. The van der Waals surface area contributed by atoms with E-state index in [9.17, 15) is 0 Å². The first-order valence-corrected chi connectivity index (χ1v) is 20.3. The van der Waals surface area contributed by atoms with Crippen molar-refractivity contribution in [1.82, 2.24) is 15.0 Å². The van der Waals surface area contributed by atoms with Crippen LogP contribution in [0, 0.1) is 0 Å². The molecule has 0 saturated heterocycles. The summed E-state index contributed by atoms with van der Waals surface area (Å²) in [5.74, 6) is 1.84. The first kappa shape index (κ1) is 36.3. The van der Waals surface area contributed by atoms with E-state index >= 15 is 0 Å². The first-order valence-electron chi connectivity index (χ1n) is 20.3. The van der Waals surface area contributed by atoms with Gasteiger partial charge in [-0.05, 0) is 78.9 Å². The van der Waals surface area contributed by atoms with E-state index in [1.54, 1.807) is 0 Å². The topological polar surface area (TPSA) is 38.7 Å². The van der Waals surface area contributed by atoms with E-state index in [1.165, 1.54) is 5.56 Å². The fourth-order valence-corrected chi connectivity index (χ4v) is 8.17. The molecule has 0 saturated carbocycles. The van der Waals surface area contributed by atoms with Crippen LogP contribution in [-0.2, 0) is 0 Å². The highest BCUT2D eigenvalue weighted by molar-refractivity contribution is 6.08. The maximum absolute atomic E-state index is 5.33. The summed E-state index contributed by atoms with van der Waals surface area (Å²) in [6.45, 7) is 0. The van der Waals surface area contributed by atoms with Gasteiger partial charge in [-0.3, -0.25) is 0 Å². The SMILES string of the molecule is c1ccc(-c2cccc(-c3nc(-c4ccccc4)nc(-c4ccccc4-c4cc(-c5ccccc5)c(-c5ccccc5)c(-c5ccccc5)c4-c4ccccc4)n3)c2)cc1. The molecular formula is C57H39N3. The van der Waals surface area contributed by atoms with Gasteiger partial charge in [-0.1, -0.05) is 224 Å². The van der Waals surface area contributed by atoms with E-state index in [1.807, 2.05) is 24.3 Å². The Kier molecular flexibility index (Phi) is 9.97. The van der Waals surface area contributed by atoms with E-state index in [2.05, 4.69) is 212 Å². The molecular weight excluding hydrogens is 727 g/mol. The number of rotatable bonds is 9. The fraction of sp³-hybridized carbons (Fsp3) is 0. The van der Waals surface area contributed by atoms with Crippen LogP contribution in [0.1, 0.15) is 0 Å². The molecule has 0 amide bonds. The molecule has 0 aliphatic heterocycles. The van der Waals surface area contributed by atoms with Crippen molar-refractivity contribution in [3.63, 3.8) is 0 Å². The molecule has 0 bridgehead atoms. The zero-order valence-corrected chi connectivity index (χ0v) is 32.9. The summed E-state index contributed by atoms with van der Waals surface area (Å²) in [7, 11) is 0. The molecule has 0 spiro atoms. The highest BCUT2D eigenvalue weighted by Crippen LogP contribution is 2.51. The van der Waals surface area contributed by atoms with Gasteiger partial charge in [0.05, 0.1) is 0 Å². The molecule has 1 aromatic heterocycles. The normalized spacial score (nSPS) is 11.0. The molecule has 3 nitrogen and oxygen atoms in total. The molecule has 282 valence electrons. The van der Waals surface area contributed by atoms with Crippen molar-refractivity contribution in [2.45, 2.75) is 0 Å². The summed E-state index contributed by atoms with van der Waals surface area (Å²) in [4.78, 5) is 15.7. The molecule has 0 fully saturated rings. The van der Waals surface area contributed by atoms with Crippen LogP contribution in [0.15, 0.2) is 237 Å². The van der Waals surface area contributed by atoms with Gasteiger partial charge >= 0.3 is 0 Å². The maximum Gasteiger partial charge on any atom is 0.164 e. The van der Waals surface area contributed by atoms with Crippen LogP contribution >= 0.6 is 0 Å². The van der Waals surface area contributed by atoms with Gasteiger partial charge in [0.2, 0.25) is 0 Å². The number of hydrogen-bond acceptors (Lipinski definition) is 3. The lowest BCUT2D eigenvalue weighted by Gasteiger charge is -2.25. The molecule has 0 aliphatic carbocycles. The fourth-order valence-electron chi connectivity index (χ4n) is 8.17. The molecule has 1 heterocycles. The number of aromatic nitrogens is 3. The van der Waals surface area contributed by atoms with Gasteiger partial charge in [-0.25, -0.2) is 15.0 Å². The summed E-state index contributed by atoms with van der Waals surface area (Å²) in [5, 5.41) is 0. The quantitative estimate of drug-likeness (QED) is 0.147. The molecule has 10 rings (SSSR count). The Balaban J connectivity index is 1.28. The van der Waals surface area contributed by atoms with Crippen molar-refractivity contribution >= 4 is 0 Å². The number of nitrogens with zero attached hydrogens (tertiary/aromatic N) is 3. The van der Waals surface area contributed by atoms with Gasteiger partial charge < -0.3 is 0 Å². The van der Waals surface area contributed by atoms with Crippen molar-refractivity contribution in [2.24, 2.45) is 0 Å². The molecule has 0 radical (unpaired) electrons. The Hall–Kier alpha value is -8.01. The molecule has 3 heteroatoms. The highest BCUT2D eigenvalue weighted by Gasteiger charge is 2.26. The largest absolute Gasteiger partial charge is 0.208 e. The average Bonchev–Trinajstić information content (AvgIpc) is 3.35. The second-order valence-electron chi connectivity index (χ2n) is 14.7. The molecule has 0 atom stereocenters. The Morgan fingerprint density at radius 3 is 1.10 bits per heavy atom. The van der Waals surface area contributed by atoms with Gasteiger partial charge in [0.1, 0.15) is 0 Å². The van der Waals surface area contributed by atoms with Crippen LogP contribution in [0.25, 0.3) is 101 Å². The Morgan fingerprint density at radius 2 is 0.550 bits per heavy atom. The van der Waals surface area contributed by atoms with E-state index < -0.39 is 0 Å². The molecule has 0 unspecified atom stereocenters. The molecule has 0 aliphatic rings. The molecule has 10 aromatic rings. The van der Waals surface area contributed by atoms with Gasteiger partial charge in [0, 0.05) is 16.7 Å². The van der Waals surface area contributed by atoms with E-state index in [0.717, 1.165) is 77.9 Å². The Labute approximate surface area is 351 Å². The van der Waals surface area contributed by atoms with Crippen LogP contribution < -0.4 is 0 Å². The summed E-state index contributed by atoms with van der Waals surface area (Å²) < 4.78 is 0. The number of hydrogen-bond donors (Lipinski definition) is 0. The average molecular weight is 766 g/mol. The third kappa shape index (κ3) is 7.21. The zero-order valence-electron chi connectivity index (χ0n) is 32.9. The van der Waals surface area contributed by atoms with Crippen LogP contribution in [0.4, 0.5) is 0 Å². The summed E-state index contributed by atoms with van der Waals surface area (Å²) in [5.41, 5.74) is 16.3. The van der Waals surface area contributed by atoms with Crippen LogP contribution in [0.5, 0.6) is 0 Å². The van der Waals surface area contributed by atoms with Crippen LogP contribution in [0.3, 0.4) is 0 Å². The van der Waals surface area contributed by atoms with Crippen molar-refractivity contribution < 1.29 is 0 Å². The van der Waals surface area contributed by atoms with Crippen LogP contribution in [0.2, 0.25) is 0 Å². The lowest BCUT2D eigenvalue weighted by Crippen LogP contribution is -2.02. The van der Waals surface area contributed by atoms with Gasteiger partial charge in [0.25, 0.3) is 0 Å². The standard InChI is InChI=1S/C57H39N3/c1-7-22-40(23-8-1)46-34-21-35-47(38-46)56-58-55(45-32-17-6-18-33-45)59-57(60-56)49-37-20-19-36-48(49)51-39-50(41-24-9-2-10-25-41)52(42-26-11-3-12-27-42)54(44-30-15-5-16-31-44)53(51)43-28-13-4-14-29-43/h1-39H. The van der Waals surface area contributed by atoms with E-state index in [4.69, 9.17) is 15.0 Å². The van der Waals surface area contributed by atoms with Crippen molar-refractivity contribution in [2.75, 3.05) is 0 Å². The monoisotopic (exact) mass is 765 g/mol. The minimum Gasteiger partial charge on any atom is -0.208 e. The van der Waals surface area contributed by atoms with Crippen molar-refractivity contribution in [3.8, 4) is 101 Å². The van der Waals surface area contributed by atoms with Crippen LogP contribution in [-0.4, -0.2) is 15.0 Å². The van der Waals surface area contributed by atoms with Crippen molar-refractivity contribution in [3.05, 3.63) is 237 Å². The minimum atomic E-state index is 0.605. The first-order chi connectivity index (χ1) is 29.8. The van der Waals surface area contributed by atoms with Crippen molar-refractivity contribution in [1.29, 1.82) is 0 Å². The predicted molar refractivity (Wildman–Crippen MR) is 249 cm³/mol.